The number of rotatable bonds is 2. The molecule has 1 saturated heterocycles. The zero-order valence-corrected chi connectivity index (χ0v) is 11.9. The van der Waals surface area contributed by atoms with E-state index < -0.39 is 17.0 Å². The topological polar surface area (TPSA) is 45.9 Å². The number of benzene rings is 1. The van der Waals surface area contributed by atoms with Crippen LogP contribution in [0.15, 0.2) is 23.6 Å². The molecule has 0 amide bonds. The van der Waals surface area contributed by atoms with Crippen molar-refractivity contribution in [2.75, 3.05) is 13.2 Å². The molecule has 0 N–H and O–H groups in total. The van der Waals surface area contributed by atoms with Crippen LogP contribution in [0.25, 0.3) is 11.3 Å². The summed E-state index contributed by atoms with van der Waals surface area (Å²) in [4.78, 5) is 4.44. The summed E-state index contributed by atoms with van der Waals surface area (Å²) in [6.45, 7) is 1.05. The van der Waals surface area contributed by atoms with E-state index in [-0.39, 0.29) is 0 Å². The van der Waals surface area contributed by atoms with Crippen molar-refractivity contribution in [1.29, 1.82) is 5.26 Å². The number of nitriles is 1. The first kappa shape index (κ1) is 14.1. The van der Waals surface area contributed by atoms with Crippen LogP contribution in [0.4, 0.5) is 8.78 Å². The van der Waals surface area contributed by atoms with E-state index in [0.717, 1.165) is 6.07 Å². The first-order chi connectivity index (χ1) is 10.1. The molecule has 0 aliphatic carbocycles. The Morgan fingerprint density at radius 3 is 2.48 bits per heavy atom. The molecule has 1 fully saturated rings. The number of nitrogens with zero attached hydrogens (tertiary/aromatic N) is 2. The molecule has 0 radical (unpaired) electrons. The van der Waals surface area contributed by atoms with Gasteiger partial charge in [-0.1, -0.05) is 0 Å². The minimum atomic E-state index is -0.646. The first-order valence-electron chi connectivity index (χ1n) is 6.54. The van der Waals surface area contributed by atoms with Crippen molar-refractivity contribution in [2.24, 2.45) is 0 Å². The second kappa shape index (κ2) is 5.51. The van der Waals surface area contributed by atoms with Gasteiger partial charge in [-0.3, -0.25) is 0 Å². The molecule has 0 bridgehead atoms. The number of hydrogen-bond acceptors (Lipinski definition) is 4. The SMILES string of the molecule is N#CC1(c2nc(-c3cc(F)cc(F)c3)cs2)CCOCC1. The zero-order chi connectivity index (χ0) is 14.9. The summed E-state index contributed by atoms with van der Waals surface area (Å²) in [5.74, 6) is -1.28. The minimum Gasteiger partial charge on any atom is -0.381 e. The third-order valence-electron chi connectivity index (χ3n) is 3.63. The van der Waals surface area contributed by atoms with Crippen LogP contribution in [0.1, 0.15) is 17.8 Å². The molecule has 3 rings (SSSR count). The van der Waals surface area contributed by atoms with E-state index >= 15 is 0 Å². The summed E-state index contributed by atoms with van der Waals surface area (Å²) in [7, 11) is 0. The molecule has 0 spiro atoms. The fourth-order valence-electron chi connectivity index (χ4n) is 2.42. The highest BCUT2D eigenvalue weighted by atomic mass is 32.1. The first-order valence-corrected chi connectivity index (χ1v) is 7.42. The van der Waals surface area contributed by atoms with Crippen LogP contribution in [-0.2, 0) is 10.2 Å². The summed E-state index contributed by atoms with van der Waals surface area (Å²) >= 11 is 1.35. The maximum absolute atomic E-state index is 13.3. The van der Waals surface area contributed by atoms with Gasteiger partial charge in [-0.05, 0) is 25.0 Å². The molecule has 21 heavy (non-hydrogen) atoms. The molecular formula is C15H12F2N2OS. The lowest BCUT2D eigenvalue weighted by atomic mass is 9.82. The van der Waals surface area contributed by atoms with Crippen LogP contribution in [-0.4, -0.2) is 18.2 Å². The van der Waals surface area contributed by atoms with E-state index in [1.165, 1.54) is 23.5 Å². The molecule has 0 atom stereocenters. The summed E-state index contributed by atoms with van der Waals surface area (Å²) < 4.78 is 31.9. The van der Waals surface area contributed by atoms with E-state index in [0.29, 0.717) is 42.3 Å². The van der Waals surface area contributed by atoms with Gasteiger partial charge in [0.15, 0.2) is 0 Å². The summed E-state index contributed by atoms with van der Waals surface area (Å²) in [6, 6.07) is 5.65. The van der Waals surface area contributed by atoms with E-state index in [4.69, 9.17) is 4.74 Å². The van der Waals surface area contributed by atoms with Gasteiger partial charge in [0.2, 0.25) is 0 Å². The fraction of sp³-hybridized carbons (Fsp3) is 0.333. The van der Waals surface area contributed by atoms with Gasteiger partial charge in [0.25, 0.3) is 0 Å². The Morgan fingerprint density at radius 1 is 1.19 bits per heavy atom. The lowest BCUT2D eigenvalue weighted by Gasteiger charge is -2.28. The Labute approximate surface area is 124 Å². The van der Waals surface area contributed by atoms with E-state index in [9.17, 15) is 14.0 Å². The van der Waals surface area contributed by atoms with Crippen molar-refractivity contribution in [2.45, 2.75) is 18.3 Å². The van der Waals surface area contributed by atoms with Crippen molar-refractivity contribution in [1.82, 2.24) is 4.98 Å². The van der Waals surface area contributed by atoms with E-state index in [1.807, 2.05) is 0 Å². The largest absolute Gasteiger partial charge is 0.381 e. The van der Waals surface area contributed by atoms with Gasteiger partial charge in [0, 0.05) is 30.2 Å². The average molecular weight is 306 g/mol. The number of halogens is 2. The van der Waals surface area contributed by atoms with Gasteiger partial charge in [-0.15, -0.1) is 11.3 Å². The van der Waals surface area contributed by atoms with Crippen LogP contribution >= 0.6 is 11.3 Å². The highest BCUT2D eigenvalue weighted by Crippen LogP contribution is 2.37. The average Bonchev–Trinajstić information content (AvgIpc) is 2.97. The van der Waals surface area contributed by atoms with Gasteiger partial charge < -0.3 is 4.74 Å². The zero-order valence-electron chi connectivity index (χ0n) is 11.1. The molecule has 1 aromatic heterocycles. The van der Waals surface area contributed by atoms with E-state index in [1.54, 1.807) is 5.38 Å². The second-order valence-corrected chi connectivity index (χ2v) is 5.86. The molecule has 1 aromatic carbocycles. The summed E-state index contributed by atoms with van der Waals surface area (Å²) in [5.41, 5.74) is 0.234. The predicted octanol–water partition coefficient (Wildman–Crippen LogP) is 3.66. The van der Waals surface area contributed by atoms with Crippen molar-refractivity contribution < 1.29 is 13.5 Å². The molecule has 2 aromatic rings. The quantitative estimate of drug-likeness (QED) is 0.850. The Kier molecular flexibility index (Phi) is 3.70. The fourth-order valence-corrected chi connectivity index (χ4v) is 3.46. The Balaban J connectivity index is 1.98. The van der Waals surface area contributed by atoms with Crippen LogP contribution in [0.3, 0.4) is 0 Å². The number of hydrogen-bond donors (Lipinski definition) is 0. The third kappa shape index (κ3) is 2.67. The van der Waals surface area contributed by atoms with Gasteiger partial charge in [-0.25, -0.2) is 13.8 Å². The lowest BCUT2D eigenvalue weighted by Crippen LogP contribution is -2.32. The molecule has 6 heteroatoms. The Bertz CT molecular complexity index is 682. The number of ether oxygens (including phenoxy) is 1. The number of thiazole rings is 1. The highest BCUT2D eigenvalue weighted by molar-refractivity contribution is 7.10. The summed E-state index contributed by atoms with van der Waals surface area (Å²) in [5, 5.41) is 11.9. The van der Waals surface area contributed by atoms with Crippen LogP contribution in [0.5, 0.6) is 0 Å². The predicted molar refractivity (Wildman–Crippen MR) is 74.8 cm³/mol. The monoisotopic (exact) mass is 306 g/mol. The van der Waals surface area contributed by atoms with Crippen molar-refractivity contribution >= 4 is 11.3 Å². The molecule has 0 saturated carbocycles. The minimum absolute atomic E-state index is 0.384. The Morgan fingerprint density at radius 2 is 1.86 bits per heavy atom. The van der Waals surface area contributed by atoms with Crippen molar-refractivity contribution in [3.63, 3.8) is 0 Å². The normalized spacial score (nSPS) is 17.4. The second-order valence-electron chi connectivity index (χ2n) is 5.00. The Hall–Kier alpha value is -1.84. The van der Waals surface area contributed by atoms with Crippen LogP contribution in [0, 0.1) is 23.0 Å². The smallest absolute Gasteiger partial charge is 0.126 e. The molecule has 1 aliphatic heterocycles. The highest BCUT2D eigenvalue weighted by Gasteiger charge is 2.37. The van der Waals surface area contributed by atoms with Gasteiger partial charge in [0.05, 0.1) is 11.8 Å². The maximum atomic E-state index is 13.3. The van der Waals surface area contributed by atoms with Crippen LogP contribution in [0.2, 0.25) is 0 Å². The maximum Gasteiger partial charge on any atom is 0.126 e. The molecule has 108 valence electrons. The molecule has 2 heterocycles. The van der Waals surface area contributed by atoms with Crippen LogP contribution < -0.4 is 0 Å². The van der Waals surface area contributed by atoms with Gasteiger partial charge in [-0.2, -0.15) is 5.26 Å². The summed E-state index contributed by atoms with van der Waals surface area (Å²) in [6.07, 6.45) is 1.18. The molecule has 3 nitrogen and oxygen atoms in total. The molecule has 1 aliphatic rings. The standard InChI is InChI=1S/C15H12F2N2OS/c16-11-5-10(6-12(17)7-11)13-8-21-14(19-13)15(9-18)1-3-20-4-2-15/h5-8H,1-4H2. The molecular weight excluding hydrogens is 294 g/mol. The lowest BCUT2D eigenvalue weighted by molar-refractivity contribution is 0.0675. The van der Waals surface area contributed by atoms with Crippen molar-refractivity contribution in [3.8, 4) is 17.3 Å². The van der Waals surface area contributed by atoms with Gasteiger partial charge >= 0.3 is 0 Å². The van der Waals surface area contributed by atoms with Crippen molar-refractivity contribution in [3.05, 3.63) is 40.2 Å². The number of aromatic nitrogens is 1. The third-order valence-corrected chi connectivity index (χ3v) is 4.68. The molecule has 0 unspecified atom stereocenters. The van der Waals surface area contributed by atoms with Gasteiger partial charge in [0.1, 0.15) is 22.1 Å². The van der Waals surface area contributed by atoms with E-state index in [2.05, 4.69) is 11.1 Å².